The van der Waals surface area contributed by atoms with Gasteiger partial charge < -0.3 is 9.84 Å². The van der Waals surface area contributed by atoms with Crippen LogP contribution in [-0.4, -0.2) is 38.7 Å². The number of ether oxygens (including phenoxy) is 1. The zero-order valence-electron chi connectivity index (χ0n) is 10.2. The van der Waals surface area contributed by atoms with E-state index in [-0.39, 0.29) is 18.8 Å². The summed E-state index contributed by atoms with van der Waals surface area (Å²) in [5.41, 5.74) is 0.334. The Kier molecular flexibility index (Phi) is 3.63. The van der Waals surface area contributed by atoms with Crippen LogP contribution in [0.3, 0.4) is 0 Å². The molecule has 0 saturated heterocycles. The summed E-state index contributed by atoms with van der Waals surface area (Å²) in [6, 6.07) is 6.43. The minimum atomic E-state index is -3.77. The molecule has 1 aromatic rings. The summed E-state index contributed by atoms with van der Waals surface area (Å²) in [7, 11) is -3.77. The molecule has 7 nitrogen and oxygen atoms in total. The van der Waals surface area contributed by atoms with Crippen molar-refractivity contribution in [3.63, 3.8) is 0 Å². The quantitative estimate of drug-likeness (QED) is 0.824. The number of fused-ring (bicyclic) bond motifs is 1. The monoisotopic (exact) mass is 286 g/mol. The minimum Gasteiger partial charge on any atom is -0.478 e. The number of hydrogen-bond acceptors (Lipinski definition) is 4. The van der Waals surface area contributed by atoms with Crippen molar-refractivity contribution in [2.24, 2.45) is 0 Å². The Labute approximate surface area is 111 Å². The highest BCUT2D eigenvalue weighted by atomic mass is 32.2. The second-order valence-corrected chi connectivity index (χ2v) is 5.63. The largest absolute Gasteiger partial charge is 0.478 e. The van der Waals surface area contributed by atoms with Gasteiger partial charge in [-0.15, -0.1) is 0 Å². The molecule has 104 valence electrons. The fraction of sp³-hybridized carbons (Fsp3) is 0.364. The van der Waals surface area contributed by atoms with Crippen LogP contribution in [0, 0.1) is 0 Å². The summed E-state index contributed by atoms with van der Waals surface area (Å²) >= 11 is 0. The molecular formula is C11H14N2O5S. The lowest BCUT2D eigenvalue weighted by Gasteiger charge is -2.33. The molecule has 19 heavy (non-hydrogen) atoms. The molecule has 8 heteroatoms. The highest BCUT2D eigenvalue weighted by molar-refractivity contribution is 7.90. The van der Waals surface area contributed by atoms with Crippen molar-refractivity contribution >= 4 is 21.9 Å². The van der Waals surface area contributed by atoms with Crippen molar-refractivity contribution in [2.45, 2.75) is 13.0 Å². The fourth-order valence-corrected chi connectivity index (χ4v) is 3.08. The van der Waals surface area contributed by atoms with E-state index in [2.05, 4.69) is 4.72 Å². The number of aliphatic carboxylic acids is 1. The molecular weight excluding hydrogens is 272 g/mol. The molecule has 0 bridgehead atoms. The number of nitrogens with one attached hydrogen (secondary N) is 1. The average molecular weight is 286 g/mol. The van der Waals surface area contributed by atoms with Gasteiger partial charge in [-0.05, 0) is 12.1 Å². The Morgan fingerprint density at radius 2 is 2.21 bits per heavy atom. The van der Waals surface area contributed by atoms with Crippen LogP contribution in [-0.2, 0) is 15.0 Å². The molecule has 2 N–H and O–H groups in total. The van der Waals surface area contributed by atoms with Crippen LogP contribution in [0.25, 0.3) is 0 Å². The van der Waals surface area contributed by atoms with E-state index in [0.717, 1.165) is 4.31 Å². The van der Waals surface area contributed by atoms with Gasteiger partial charge in [-0.1, -0.05) is 19.1 Å². The molecule has 1 aliphatic rings. The molecule has 0 amide bonds. The minimum absolute atomic E-state index is 0.222. The lowest BCUT2D eigenvalue weighted by atomic mass is 10.2. The summed E-state index contributed by atoms with van der Waals surface area (Å²) in [5.74, 6) is -0.964. The number of rotatable bonds is 4. The highest BCUT2D eigenvalue weighted by Gasteiger charge is 2.36. The van der Waals surface area contributed by atoms with E-state index in [1.165, 1.54) is 0 Å². The van der Waals surface area contributed by atoms with Crippen LogP contribution >= 0.6 is 0 Å². The summed E-state index contributed by atoms with van der Waals surface area (Å²) in [6.07, 6.45) is -1.22. The topological polar surface area (TPSA) is 95.9 Å². The van der Waals surface area contributed by atoms with Crippen molar-refractivity contribution in [1.29, 1.82) is 0 Å². The second-order valence-electron chi connectivity index (χ2n) is 3.95. The highest BCUT2D eigenvalue weighted by Crippen LogP contribution is 2.34. The van der Waals surface area contributed by atoms with E-state index in [9.17, 15) is 13.2 Å². The smallest absolute Gasteiger partial charge is 0.346 e. The Morgan fingerprint density at radius 3 is 2.84 bits per heavy atom. The number of nitrogens with zero attached hydrogens (tertiary/aromatic N) is 1. The van der Waals surface area contributed by atoms with E-state index in [1.54, 1.807) is 31.2 Å². The maximum atomic E-state index is 12.1. The maximum absolute atomic E-state index is 12.1. The molecule has 1 atom stereocenters. The van der Waals surface area contributed by atoms with Crippen molar-refractivity contribution in [1.82, 2.24) is 4.72 Å². The first-order valence-corrected chi connectivity index (χ1v) is 7.15. The third-order valence-corrected chi connectivity index (χ3v) is 4.21. The van der Waals surface area contributed by atoms with Gasteiger partial charge >= 0.3 is 16.2 Å². The number of anilines is 1. The Hall–Kier alpha value is -1.80. The van der Waals surface area contributed by atoms with E-state index in [4.69, 9.17) is 9.84 Å². The third kappa shape index (κ3) is 2.64. The summed E-state index contributed by atoms with van der Waals surface area (Å²) in [5, 5.41) is 9.01. The van der Waals surface area contributed by atoms with Gasteiger partial charge in [-0.2, -0.15) is 13.1 Å². The molecule has 0 spiro atoms. The zero-order valence-corrected chi connectivity index (χ0v) is 11.1. The molecule has 1 unspecified atom stereocenters. The first kappa shape index (κ1) is 13.6. The molecule has 0 radical (unpaired) electrons. The number of carbonyl (C=O) groups is 1. The van der Waals surface area contributed by atoms with Gasteiger partial charge in [0.25, 0.3) is 0 Å². The number of para-hydroxylation sites is 2. The predicted molar refractivity (Wildman–Crippen MR) is 68.4 cm³/mol. The van der Waals surface area contributed by atoms with Crippen molar-refractivity contribution in [2.75, 3.05) is 17.4 Å². The SMILES string of the molecule is CCNS(=O)(=O)N1CC(C(=O)O)Oc2ccccc21. The maximum Gasteiger partial charge on any atom is 0.346 e. The Morgan fingerprint density at radius 1 is 1.53 bits per heavy atom. The average Bonchev–Trinajstić information content (AvgIpc) is 2.37. The molecule has 0 fully saturated rings. The normalized spacial score (nSPS) is 18.6. The van der Waals surface area contributed by atoms with Gasteiger partial charge in [0.05, 0.1) is 12.2 Å². The van der Waals surface area contributed by atoms with Crippen LogP contribution < -0.4 is 13.8 Å². The number of carboxylic acids is 1. The standard InChI is InChI=1S/C11H14N2O5S/c1-2-12-19(16,17)13-7-10(11(14)15)18-9-6-4-3-5-8(9)13/h3-6,10,12H,2,7H2,1H3,(H,14,15). The van der Waals surface area contributed by atoms with Gasteiger partial charge in [0.1, 0.15) is 5.75 Å². The van der Waals surface area contributed by atoms with Gasteiger partial charge in [-0.25, -0.2) is 9.10 Å². The van der Waals surface area contributed by atoms with Crippen molar-refractivity contribution < 1.29 is 23.1 Å². The number of carboxylic acid groups (broad SMARTS) is 1. The first-order chi connectivity index (χ1) is 8.95. The van der Waals surface area contributed by atoms with Crippen LogP contribution in [0.2, 0.25) is 0 Å². The van der Waals surface area contributed by atoms with Crippen LogP contribution in [0.5, 0.6) is 5.75 Å². The Bertz CT molecular complexity index is 587. The van der Waals surface area contributed by atoms with Crippen LogP contribution in [0.4, 0.5) is 5.69 Å². The molecule has 2 rings (SSSR count). The van der Waals surface area contributed by atoms with E-state index >= 15 is 0 Å². The molecule has 0 aliphatic carbocycles. The molecule has 1 aliphatic heterocycles. The lowest BCUT2D eigenvalue weighted by molar-refractivity contribution is -0.144. The van der Waals surface area contributed by atoms with Gasteiger partial charge in [0, 0.05) is 6.54 Å². The van der Waals surface area contributed by atoms with Gasteiger partial charge in [-0.3, -0.25) is 0 Å². The third-order valence-electron chi connectivity index (χ3n) is 2.63. The summed E-state index contributed by atoms with van der Waals surface area (Å²) in [6.45, 7) is 1.61. The van der Waals surface area contributed by atoms with E-state index in [0.29, 0.717) is 5.69 Å². The number of hydrogen-bond donors (Lipinski definition) is 2. The molecule has 0 aromatic heterocycles. The van der Waals surface area contributed by atoms with Gasteiger partial charge in [0.15, 0.2) is 0 Å². The fourth-order valence-electron chi connectivity index (χ4n) is 1.82. The van der Waals surface area contributed by atoms with E-state index in [1.807, 2.05) is 0 Å². The zero-order chi connectivity index (χ0) is 14.0. The summed E-state index contributed by atoms with van der Waals surface area (Å²) in [4.78, 5) is 11.0. The molecule has 0 saturated carbocycles. The lowest BCUT2D eigenvalue weighted by Crippen LogP contribution is -2.50. The first-order valence-electron chi connectivity index (χ1n) is 5.71. The van der Waals surface area contributed by atoms with E-state index < -0.39 is 22.3 Å². The Balaban J connectivity index is 2.45. The predicted octanol–water partition coefficient (Wildman–Crippen LogP) is 0.193. The summed E-state index contributed by atoms with van der Waals surface area (Å²) < 4.78 is 32.8. The van der Waals surface area contributed by atoms with Crippen LogP contribution in [0.15, 0.2) is 24.3 Å². The van der Waals surface area contributed by atoms with Crippen molar-refractivity contribution in [3.8, 4) is 5.75 Å². The second kappa shape index (κ2) is 5.06. The molecule has 1 heterocycles. The van der Waals surface area contributed by atoms with Crippen molar-refractivity contribution in [3.05, 3.63) is 24.3 Å². The van der Waals surface area contributed by atoms with Gasteiger partial charge in [0.2, 0.25) is 6.10 Å². The van der Waals surface area contributed by atoms with Crippen LogP contribution in [0.1, 0.15) is 6.92 Å². The molecule has 1 aromatic carbocycles. The number of benzene rings is 1.